The third kappa shape index (κ3) is 3.69. The van der Waals surface area contributed by atoms with E-state index in [-0.39, 0.29) is 0 Å². The number of pyridine rings is 2. The summed E-state index contributed by atoms with van der Waals surface area (Å²) in [5.74, 6) is 0.803. The first-order chi connectivity index (χ1) is 17.2. The molecule has 168 valence electrons. The fraction of sp³-hybridized carbons (Fsp3) is 0.0690. The van der Waals surface area contributed by atoms with Crippen LogP contribution in [0.15, 0.2) is 96.0 Å². The monoisotopic (exact) mass is 455 g/mol. The minimum Gasteiger partial charge on any atom is -0.467 e. The smallest absolute Gasteiger partial charge is 0.145 e. The van der Waals surface area contributed by atoms with Crippen molar-refractivity contribution in [1.82, 2.24) is 14.5 Å². The summed E-state index contributed by atoms with van der Waals surface area (Å²) >= 11 is 0. The van der Waals surface area contributed by atoms with Crippen molar-refractivity contribution in [2.75, 3.05) is 5.32 Å². The molecule has 1 N–H and O–H groups in total. The Labute approximate surface area is 202 Å². The van der Waals surface area contributed by atoms with Crippen molar-refractivity contribution in [1.29, 1.82) is 5.26 Å². The van der Waals surface area contributed by atoms with E-state index in [1.165, 1.54) is 0 Å². The largest absolute Gasteiger partial charge is 0.467 e. The molecule has 2 aromatic carbocycles. The van der Waals surface area contributed by atoms with Crippen molar-refractivity contribution in [3.05, 3.63) is 108 Å². The second kappa shape index (κ2) is 8.47. The molecule has 0 saturated heterocycles. The molecule has 0 saturated carbocycles. The highest BCUT2D eigenvalue weighted by Crippen LogP contribution is 2.34. The fourth-order valence-corrected chi connectivity index (χ4v) is 4.52. The Hall–Kier alpha value is -4.89. The molecular weight excluding hydrogens is 434 g/mol. The molecule has 6 heteroatoms. The molecule has 0 aliphatic heterocycles. The van der Waals surface area contributed by atoms with E-state index in [9.17, 15) is 5.26 Å². The maximum absolute atomic E-state index is 9.61. The SMILES string of the molecule is Cc1cn(-c2ccc(C#N)c(NCc3ccco3)c2)c2nccc(-c3cnc4ccccc4c3)c12. The maximum atomic E-state index is 9.61. The molecule has 4 heterocycles. The third-order valence-corrected chi connectivity index (χ3v) is 6.21. The zero-order valence-corrected chi connectivity index (χ0v) is 19.1. The van der Waals surface area contributed by atoms with Gasteiger partial charge in [-0.1, -0.05) is 18.2 Å². The van der Waals surface area contributed by atoms with Crippen LogP contribution >= 0.6 is 0 Å². The molecule has 0 spiro atoms. The van der Waals surface area contributed by atoms with Gasteiger partial charge in [0.2, 0.25) is 0 Å². The number of hydrogen-bond donors (Lipinski definition) is 1. The van der Waals surface area contributed by atoms with Crippen LogP contribution in [0.3, 0.4) is 0 Å². The molecule has 0 atom stereocenters. The average molecular weight is 456 g/mol. The van der Waals surface area contributed by atoms with Crippen LogP contribution in [0.1, 0.15) is 16.9 Å². The van der Waals surface area contributed by atoms with Crippen molar-refractivity contribution in [2.24, 2.45) is 0 Å². The molecule has 0 fully saturated rings. The predicted octanol–water partition coefficient (Wildman–Crippen LogP) is 6.63. The Morgan fingerprint density at radius 3 is 2.80 bits per heavy atom. The highest BCUT2D eigenvalue weighted by molar-refractivity contribution is 5.98. The lowest BCUT2D eigenvalue weighted by atomic mass is 10.0. The van der Waals surface area contributed by atoms with E-state index in [1.807, 2.05) is 67.0 Å². The zero-order valence-electron chi connectivity index (χ0n) is 19.1. The second-order valence-electron chi connectivity index (χ2n) is 8.43. The summed E-state index contributed by atoms with van der Waals surface area (Å²) in [6, 6.07) is 24.1. The van der Waals surface area contributed by atoms with Gasteiger partial charge in [-0.15, -0.1) is 0 Å². The van der Waals surface area contributed by atoms with Crippen LogP contribution in [0.2, 0.25) is 0 Å². The number of fused-ring (bicyclic) bond motifs is 2. The van der Waals surface area contributed by atoms with E-state index < -0.39 is 0 Å². The summed E-state index contributed by atoms with van der Waals surface area (Å²) in [5, 5.41) is 15.1. The fourth-order valence-electron chi connectivity index (χ4n) is 4.52. The number of para-hydroxylation sites is 1. The van der Waals surface area contributed by atoms with E-state index in [2.05, 4.69) is 46.2 Å². The van der Waals surface area contributed by atoms with Crippen molar-refractivity contribution in [2.45, 2.75) is 13.5 Å². The number of hydrogen-bond acceptors (Lipinski definition) is 5. The van der Waals surface area contributed by atoms with Gasteiger partial charge in [-0.05, 0) is 66.6 Å². The topological polar surface area (TPSA) is 79.7 Å². The van der Waals surface area contributed by atoms with E-state index in [0.29, 0.717) is 12.1 Å². The van der Waals surface area contributed by atoms with Crippen LogP contribution in [0.25, 0.3) is 38.8 Å². The summed E-state index contributed by atoms with van der Waals surface area (Å²) in [7, 11) is 0. The Balaban J connectivity index is 1.45. The van der Waals surface area contributed by atoms with Gasteiger partial charge < -0.3 is 14.3 Å². The molecule has 4 aromatic heterocycles. The highest BCUT2D eigenvalue weighted by atomic mass is 16.3. The quantitative estimate of drug-likeness (QED) is 0.316. The van der Waals surface area contributed by atoms with Crippen LogP contribution < -0.4 is 5.32 Å². The number of rotatable bonds is 5. The number of nitriles is 1. The van der Waals surface area contributed by atoms with Crippen molar-refractivity contribution >= 4 is 27.6 Å². The molecule has 6 aromatic rings. The summed E-state index contributed by atoms with van der Waals surface area (Å²) in [6.07, 6.45) is 7.49. The summed E-state index contributed by atoms with van der Waals surface area (Å²) in [5.41, 5.74) is 7.33. The first-order valence-corrected chi connectivity index (χ1v) is 11.3. The van der Waals surface area contributed by atoms with Crippen LogP contribution in [0.4, 0.5) is 5.69 Å². The zero-order chi connectivity index (χ0) is 23.8. The lowest BCUT2D eigenvalue weighted by Crippen LogP contribution is -2.02. The van der Waals surface area contributed by atoms with Crippen molar-refractivity contribution in [3.8, 4) is 22.9 Å². The Bertz CT molecular complexity index is 1720. The third-order valence-electron chi connectivity index (χ3n) is 6.21. The Kier molecular flexibility index (Phi) is 5.01. The molecule has 0 aliphatic carbocycles. The minimum atomic E-state index is 0.494. The van der Waals surface area contributed by atoms with Gasteiger partial charge in [0, 0.05) is 40.6 Å². The van der Waals surface area contributed by atoms with E-state index in [4.69, 9.17) is 9.40 Å². The van der Waals surface area contributed by atoms with E-state index in [0.717, 1.165) is 55.8 Å². The predicted molar refractivity (Wildman–Crippen MR) is 137 cm³/mol. The normalized spacial score (nSPS) is 11.1. The molecule has 6 rings (SSSR count). The highest BCUT2D eigenvalue weighted by Gasteiger charge is 2.15. The number of anilines is 1. The lowest BCUT2D eigenvalue weighted by Gasteiger charge is -2.11. The average Bonchev–Trinajstić information content (AvgIpc) is 3.55. The number of nitrogens with zero attached hydrogens (tertiary/aromatic N) is 4. The van der Waals surface area contributed by atoms with E-state index in [1.54, 1.807) is 6.26 Å². The van der Waals surface area contributed by atoms with Crippen LogP contribution in [0.5, 0.6) is 0 Å². The molecule has 0 radical (unpaired) electrons. The van der Waals surface area contributed by atoms with Gasteiger partial charge in [-0.3, -0.25) is 4.98 Å². The van der Waals surface area contributed by atoms with Gasteiger partial charge in [0.25, 0.3) is 0 Å². The molecule has 0 unspecified atom stereocenters. The standard InChI is InChI=1S/C29H21N5O/c1-19-18-34(23-9-8-21(15-30)27(14-23)33-17-24-6-4-12-35-24)29-28(19)25(10-11-31-29)22-13-20-5-2-3-7-26(20)32-16-22/h2-14,16,18,33H,17H2,1H3. The second-order valence-corrected chi connectivity index (χ2v) is 8.43. The van der Waals surface area contributed by atoms with Gasteiger partial charge in [-0.2, -0.15) is 5.26 Å². The molecular formula is C29H21N5O. The number of benzene rings is 2. The van der Waals surface area contributed by atoms with Crippen LogP contribution in [-0.2, 0) is 6.54 Å². The molecule has 0 bridgehead atoms. The van der Waals surface area contributed by atoms with Crippen LogP contribution in [0, 0.1) is 18.3 Å². The maximum Gasteiger partial charge on any atom is 0.145 e. The van der Waals surface area contributed by atoms with E-state index >= 15 is 0 Å². The number of furan rings is 1. The Morgan fingerprint density at radius 1 is 1.03 bits per heavy atom. The molecule has 0 amide bonds. The number of aromatic nitrogens is 3. The van der Waals surface area contributed by atoms with Gasteiger partial charge in [0.05, 0.1) is 29.6 Å². The number of aryl methyl sites for hydroxylation is 1. The summed E-state index contributed by atoms with van der Waals surface area (Å²) < 4.78 is 7.49. The van der Waals surface area contributed by atoms with Crippen LogP contribution in [-0.4, -0.2) is 14.5 Å². The van der Waals surface area contributed by atoms with Gasteiger partial charge in [-0.25, -0.2) is 4.98 Å². The van der Waals surface area contributed by atoms with Crippen molar-refractivity contribution in [3.63, 3.8) is 0 Å². The first kappa shape index (κ1) is 20.7. The summed E-state index contributed by atoms with van der Waals surface area (Å²) in [6.45, 7) is 2.59. The Morgan fingerprint density at radius 2 is 1.94 bits per heavy atom. The lowest BCUT2D eigenvalue weighted by molar-refractivity contribution is 0.518. The molecule has 0 aliphatic rings. The van der Waals surface area contributed by atoms with Crippen molar-refractivity contribution < 1.29 is 4.42 Å². The van der Waals surface area contributed by atoms with Gasteiger partial charge >= 0.3 is 0 Å². The minimum absolute atomic E-state index is 0.494. The summed E-state index contributed by atoms with van der Waals surface area (Å²) in [4.78, 5) is 9.39. The molecule has 35 heavy (non-hydrogen) atoms. The number of nitrogens with one attached hydrogen (secondary N) is 1. The van der Waals surface area contributed by atoms with Gasteiger partial charge in [0.15, 0.2) is 0 Å². The molecule has 6 nitrogen and oxygen atoms in total. The first-order valence-electron chi connectivity index (χ1n) is 11.3. The van der Waals surface area contributed by atoms with Gasteiger partial charge in [0.1, 0.15) is 17.5 Å².